The molecule has 2 aromatic carbocycles. The summed E-state index contributed by atoms with van der Waals surface area (Å²) in [6.07, 6.45) is 1.08. The van der Waals surface area contributed by atoms with Gasteiger partial charge in [-0.15, -0.1) is 0 Å². The molecule has 1 aliphatic carbocycles. The summed E-state index contributed by atoms with van der Waals surface area (Å²) in [7, 11) is -1.80. The van der Waals surface area contributed by atoms with E-state index in [1.54, 1.807) is 12.1 Å². The van der Waals surface area contributed by atoms with Gasteiger partial charge in [-0.1, -0.05) is 57.2 Å². The van der Waals surface area contributed by atoms with Crippen LogP contribution in [0.4, 0.5) is 4.39 Å². The van der Waals surface area contributed by atoms with Crippen molar-refractivity contribution in [3.05, 3.63) is 71.0 Å². The highest BCUT2D eigenvalue weighted by atomic mass is 28.4. The molecule has 4 nitrogen and oxygen atoms in total. The van der Waals surface area contributed by atoms with Crippen molar-refractivity contribution in [2.75, 3.05) is 13.1 Å². The molecule has 1 heterocycles. The highest BCUT2D eigenvalue weighted by molar-refractivity contribution is 6.74. The van der Waals surface area contributed by atoms with Crippen molar-refractivity contribution in [2.45, 2.75) is 76.4 Å². The van der Waals surface area contributed by atoms with E-state index in [1.165, 1.54) is 23.3 Å². The van der Waals surface area contributed by atoms with Gasteiger partial charge in [-0.05, 0) is 60.3 Å². The summed E-state index contributed by atoms with van der Waals surface area (Å²) < 4.78 is 19.9. The third-order valence-corrected chi connectivity index (χ3v) is 12.4. The van der Waals surface area contributed by atoms with E-state index in [2.05, 4.69) is 68.3 Å². The van der Waals surface area contributed by atoms with Crippen LogP contribution >= 0.6 is 0 Å². The minimum Gasteiger partial charge on any atom is -0.411 e. The first-order chi connectivity index (χ1) is 15.5. The van der Waals surface area contributed by atoms with Gasteiger partial charge in [-0.2, -0.15) is 0 Å². The summed E-state index contributed by atoms with van der Waals surface area (Å²) >= 11 is 0. The lowest BCUT2D eigenvalue weighted by atomic mass is 9.97. The molecule has 1 fully saturated rings. The number of amides is 1. The Morgan fingerprint density at radius 3 is 2.39 bits per heavy atom. The van der Waals surface area contributed by atoms with E-state index in [-0.39, 0.29) is 40.9 Å². The number of nitrogens with zero attached hydrogens (tertiary/aromatic N) is 1. The molecule has 0 bridgehead atoms. The number of benzene rings is 2. The van der Waals surface area contributed by atoms with Crippen LogP contribution in [0.3, 0.4) is 0 Å². The van der Waals surface area contributed by atoms with Gasteiger partial charge in [0.1, 0.15) is 5.82 Å². The van der Waals surface area contributed by atoms with Crippen LogP contribution in [-0.4, -0.2) is 44.4 Å². The smallest absolute Gasteiger partial charge is 0.227 e. The predicted octanol–water partition coefficient (Wildman–Crippen LogP) is 5.42. The van der Waals surface area contributed by atoms with E-state index in [9.17, 15) is 9.18 Å². The molecular weight excluding hydrogens is 431 g/mol. The summed E-state index contributed by atoms with van der Waals surface area (Å²) in [4.78, 5) is 15.6. The van der Waals surface area contributed by atoms with Crippen molar-refractivity contribution in [3.8, 4) is 0 Å². The number of likely N-dealkylation sites (tertiary alicyclic amines) is 1. The Kier molecular flexibility index (Phi) is 6.55. The second-order valence-electron chi connectivity index (χ2n) is 11.2. The van der Waals surface area contributed by atoms with E-state index < -0.39 is 8.32 Å². The standard InChI is InChI=1S/C27H37FN2O2Si/c1-18(19-11-13-21(28)14-12-19)26(31)29-24-15-20-9-7-8-10-23(20)25(24)30-16-22(17-30)32-33(5,6)27(2,3)4/h7-14,18,22,24-25H,15-17H2,1-6H3,(H,29,31)/t18-,24?,25?/m0/s1. The lowest BCUT2D eigenvalue weighted by Crippen LogP contribution is -2.60. The van der Waals surface area contributed by atoms with Gasteiger partial charge < -0.3 is 9.74 Å². The maximum absolute atomic E-state index is 13.3. The molecule has 0 aromatic heterocycles. The van der Waals surface area contributed by atoms with Crippen molar-refractivity contribution in [2.24, 2.45) is 0 Å². The minimum atomic E-state index is -1.80. The second-order valence-corrected chi connectivity index (χ2v) is 15.9. The SMILES string of the molecule is C[C@H](C(=O)NC1Cc2ccccc2C1N1CC(O[Si](C)(C)C(C)(C)C)C1)c1ccc(F)cc1. The first-order valence-corrected chi connectivity index (χ1v) is 14.9. The monoisotopic (exact) mass is 468 g/mol. The number of rotatable bonds is 6. The van der Waals surface area contributed by atoms with E-state index in [0.717, 1.165) is 25.1 Å². The molecule has 2 aromatic rings. The Morgan fingerprint density at radius 2 is 1.76 bits per heavy atom. The summed E-state index contributed by atoms with van der Waals surface area (Å²) in [5.41, 5.74) is 3.44. The maximum Gasteiger partial charge on any atom is 0.227 e. The van der Waals surface area contributed by atoms with Crippen LogP contribution in [0.5, 0.6) is 0 Å². The highest BCUT2D eigenvalue weighted by Crippen LogP contribution is 2.42. The Morgan fingerprint density at radius 1 is 1.12 bits per heavy atom. The van der Waals surface area contributed by atoms with Crippen molar-refractivity contribution in [3.63, 3.8) is 0 Å². The molecule has 178 valence electrons. The van der Waals surface area contributed by atoms with Gasteiger partial charge >= 0.3 is 0 Å². The Labute approximate surface area is 198 Å². The van der Waals surface area contributed by atoms with E-state index in [0.29, 0.717) is 0 Å². The van der Waals surface area contributed by atoms with Crippen molar-refractivity contribution < 1.29 is 13.6 Å². The summed E-state index contributed by atoms with van der Waals surface area (Å²) in [5.74, 6) is -0.634. The number of carbonyl (C=O) groups is 1. The van der Waals surface area contributed by atoms with Crippen molar-refractivity contribution in [1.82, 2.24) is 10.2 Å². The molecule has 1 amide bonds. The topological polar surface area (TPSA) is 41.6 Å². The van der Waals surface area contributed by atoms with Crippen LogP contribution in [0, 0.1) is 5.82 Å². The van der Waals surface area contributed by atoms with Crippen molar-refractivity contribution >= 4 is 14.2 Å². The lowest BCUT2D eigenvalue weighted by Gasteiger charge is -2.49. The average molecular weight is 469 g/mol. The molecule has 0 saturated carbocycles. The molecule has 1 aliphatic heterocycles. The molecule has 0 spiro atoms. The summed E-state index contributed by atoms with van der Waals surface area (Å²) in [6.45, 7) is 15.1. The Bertz CT molecular complexity index is 996. The zero-order valence-electron chi connectivity index (χ0n) is 20.7. The average Bonchev–Trinajstić information content (AvgIpc) is 3.07. The van der Waals surface area contributed by atoms with E-state index in [4.69, 9.17) is 4.43 Å². The Balaban J connectivity index is 1.45. The quantitative estimate of drug-likeness (QED) is 0.576. The highest BCUT2D eigenvalue weighted by Gasteiger charge is 2.46. The molecule has 6 heteroatoms. The van der Waals surface area contributed by atoms with Crippen LogP contribution in [0.25, 0.3) is 0 Å². The maximum atomic E-state index is 13.3. The van der Waals surface area contributed by atoms with Crippen LogP contribution in [-0.2, 0) is 15.6 Å². The fourth-order valence-corrected chi connectivity index (χ4v) is 6.07. The van der Waals surface area contributed by atoms with Gasteiger partial charge in [-0.3, -0.25) is 9.69 Å². The number of nitrogens with one attached hydrogen (secondary N) is 1. The number of fused-ring (bicyclic) bond motifs is 1. The van der Waals surface area contributed by atoms with Crippen LogP contribution < -0.4 is 5.32 Å². The van der Waals surface area contributed by atoms with Gasteiger partial charge in [0.05, 0.1) is 24.1 Å². The van der Waals surface area contributed by atoms with Gasteiger partial charge in [0.25, 0.3) is 0 Å². The first-order valence-electron chi connectivity index (χ1n) is 12.0. The largest absolute Gasteiger partial charge is 0.411 e. The van der Waals surface area contributed by atoms with Gasteiger partial charge in [0.15, 0.2) is 8.32 Å². The molecule has 1 saturated heterocycles. The van der Waals surface area contributed by atoms with Crippen LogP contribution in [0.1, 0.15) is 56.3 Å². The molecule has 0 radical (unpaired) electrons. The van der Waals surface area contributed by atoms with Crippen molar-refractivity contribution in [1.29, 1.82) is 0 Å². The predicted molar refractivity (Wildman–Crippen MR) is 133 cm³/mol. The zero-order chi connectivity index (χ0) is 24.0. The molecule has 33 heavy (non-hydrogen) atoms. The van der Waals surface area contributed by atoms with Crippen LogP contribution in [0.15, 0.2) is 48.5 Å². The van der Waals surface area contributed by atoms with Crippen LogP contribution in [0.2, 0.25) is 18.1 Å². The third-order valence-electron chi connectivity index (χ3n) is 7.82. The molecule has 2 unspecified atom stereocenters. The summed E-state index contributed by atoms with van der Waals surface area (Å²) in [6, 6.07) is 14.9. The number of halogens is 1. The molecule has 4 rings (SSSR count). The summed E-state index contributed by atoms with van der Waals surface area (Å²) in [5, 5.41) is 3.51. The fourth-order valence-electron chi connectivity index (χ4n) is 4.73. The van der Waals surface area contributed by atoms with Gasteiger partial charge in [0, 0.05) is 13.1 Å². The van der Waals surface area contributed by atoms with Gasteiger partial charge in [0.2, 0.25) is 5.91 Å². The first kappa shape index (κ1) is 24.1. The molecule has 1 N–H and O–H groups in total. The third kappa shape index (κ3) is 4.93. The molecule has 3 atom stereocenters. The van der Waals surface area contributed by atoms with Gasteiger partial charge in [-0.25, -0.2) is 4.39 Å². The normalized spacial score (nSPS) is 22.5. The lowest BCUT2D eigenvalue weighted by molar-refractivity contribution is -0.123. The number of hydrogen-bond donors (Lipinski definition) is 1. The van der Waals surface area contributed by atoms with E-state index >= 15 is 0 Å². The molecule has 2 aliphatic rings. The Hall–Kier alpha value is -2.02. The second kappa shape index (κ2) is 8.97. The molecular formula is C27H37FN2O2Si. The minimum absolute atomic E-state index is 0.0148. The van der Waals surface area contributed by atoms with E-state index in [1.807, 2.05) is 6.92 Å². The number of hydrogen-bond acceptors (Lipinski definition) is 3. The fraction of sp³-hybridized carbons (Fsp3) is 0.519. The zero-order valence-corrected chi connectivity index (χ0v) is 21.7. The number of carbonyl (C=O) groups excluding carboxylic acids is 1.